The highest BCUT2D eigenvalue weighted by molar-refractivity contribution is 7.89. The molecule has 1 heterocycles. The molecule has 0 N–H and O–H groups in total. The van der Waals surface area contributed by atoms with Crippen LogP contribution >= 0.6 is 0 Å². The highest BCUT2D eigenvalue weighted by Crippen LogP contribution is 2.35. The quantitative estimate of drug-likeness (QED) is 0.548. The van der Waals surface area contributed by atoms with Crippen LogP contribution < -0.4 is 0 Å². The van der Waals surface area contributed by atoms with Crippen LogP contribution in [0.1, 0.15) is 50.4 Å². The van der Waals surface area contributed by atoms with Crippen molar-refractivity contribution < 1.29 is 36.6 Å². The van der Waals surface area contributed by atoms with Crippen LogP contribution in [-0.4, -0.2) is 63.7 Å². The van der Waals surface area contributed by atoms with Gasteiger partial charge in [-0.3, -0.25) is 0 Å². The molecule has 8 nitrogen and oxygen atoms in total. The van der Waals surface area contributed by atoms with Gasteiger partial charge in [-0.25, -0.2) is 22.4 Å². The Labute approximate surface area is 194 Å². The third-order valence-electron chi connectivity index (χ3n) is 6.32. The number of hydrogen-bond acceptors (Lipinski definition) is 7. The normalized spacial score (nSPS) is 24.5. The van der Waals surface area contributed by atoms with Gasteiger partial charge in [0.15, 0.2) is 6.61 Å². The minimum Gasteiger partial charge on any atom is -0.460 e. The van der Waals surface area contributed by atoms with Gasteiger partial charge in [0.1, 0.15) is 16.8 Å². The number of rotatable bonds is 7. The first-order chi connectivity index (χ1) is 15.6. The summed E-state index contributed by atoms with van der Waals surface area (Å²) in [6.07, 6.45) is 2.61. The van der Waals surface area contributed by atoms with Gasteiger partial charge in [0.2, 0.25) is 10.0 Å². The molecule has 3 unspecified atom stereocenters. The molecule has 0 bridgehead atoms. The van der Waals surface area contributed by atoms with Gasteiger partial charge in [-0.1, -0.05) is 27.2 Å². The van der Waals surface area contributed by atoms with Gasteiger partial charge < -0.3 is 14.2 Å². The third kappa shape index (κ3) is 6.30. The number of halogens is 1. The number of nitrogens with zero attached hydrogens (tertiary/aromatic N) is 1. The highest BCUT2D eigenvalue weighted by Gasteiger charge is 2.34. The van der Waals surface area contributed by atoms with Crippen molar-refractivity contribution in [3.63, 3.8) is 0 Å². The van der Waals surface area contributed by atoms with Crippen molar-refractivity contribution in [1.29, 1.82) is 0 Å². The maximum Gasteiger partial charge on any atom is 0.344 e. The Morgan fingerprint density at radius 1 is 1.21 bits per heavy atom. The molecule has 1 aliphatic heterocycles. The molecule has 33 heavy (non-hydrogen) atoms. The molecule has 1 saturated carbocycles. The summed E-state index contributed by atoms with van der Waals surface area (Å²) in [4.78, 5) is 24.2. The minimum absolute atomic E-state index is 0.0967. The average Bonchev–Trinajstić information content (AvgIpc) is 2.78. The predicted octanol–water partition coefficient (Wildman–Crippen LogP) is 3.01. The van der Waals surface area contributed by atoms with E-state index in [4.69, 9.17) is 14.2 Å². The lowest BCUT2D eigenvalue weighted by atomic mass is 9.75. The molecule has 0 aromatic heterocycles. The van der Waals surface area contributed by atoms with E-state index in [1.165, 1.54) is 0 Å². The molecule has 0 radical (unpaired) electrons. The molecule has 0 spiro atoms. The molecule has 10 heteroatoms. The smallest absolute Gasteiger partial charge is 0.344 e. The largest absolute Gasteiger partial charge is 0.460 e. The number of morpholine rings is 1. The number of benzene rings is 1. The molecule has 1 saturated heterocycles. The molecule has 1 aliphatic carbocycles. The van der Waals surface area contributed by atoms with Gasteiger partial charge in [0.05, 0.1) is 18.8 Å². The van der Waals surface area contributed by atoms with E-state index >= 15 is 0 Å². The molecular formula is C23H32FNO7S. The van der Waals surface area contributed by atoms with E-state index < -0.39 is 39.3 Å². The van der Waals surface area contributed by atoms with Crippen molar-refractivity contribution in [3.05, 3.63) is 29.6 Å². The van der Waals surface area contributed by atoms with Gasteiger partial charge in [-0.2, -0.15) is 4.31 Å². The van der Waals surface area contributed by atoms with E-state index in [0.717, 1.165) is 41.8 Å². The van der Waals surface area contributed by atoms with Crippen LogP contribution in [0.3, 0.4) is 0 Å². The van der Waals surface area contributed by atoms with Crippen molar-refractivity contribution in [2.45, 2.75) is 51.0 Å². The Morgan fingerprint density at radius 3 is 2.58 bits per heavy atom. The van der Waals surface area contributed by atoms with Crippen LogP contribution in [0.25, 0.3) is 0 Å². The Hall–Kier alpha value is -2.04. The summed E-state index contributed by atoms with van der Waals surface area (Å²) in [5.74, 6) is -1.48. The van der Waals surface area contributed by atoms with E-state index in [9.17, 15) is 22.4 Å². The molecule has 184 valence electrons. The lowest BCUT2D eigenvalue weighted by Gasteiger charge is -2.36. The number of hydrogen-bond donors (Lipinski definition) is 0. The maximum atomic E-state index is 14.3. The summed E-state index contributed by atoms with van der Waals surface area (Å²) in [5.41, 5.74) is -0.164. The fourth-order valence-electron chi connectivity index (χ4n) is 4.41. The van der Waals surface area contributed by atoms with Crippen molar-refractivity contribution in [2.24, 2.45) is 17.8 Å². The van der Waals surface area contributed by atoms with Gasteiger partial charge in [-0.05, 0) is 48.8 Å². The van der Waals surface area contributed by atoms with Gasteiger partial charge in [-0.15, -0.1) is 0 Å². The summed E-state index contributed by atoms with van der Waals surface area (Å²) in [6, 6.07) is 2.96. The molecule has 2 fully saturated rings. The van der Waals surface area contributed by atoms with Crippen LogP contribution in [0.4, 0.5) is 4.39 Å². The number of esters is 2. The molecule has 3 rings (SSSR count). The number of ether oxygens (including phenoxy) is 3. The van der Waals surface area contributed by atoms with E-state index in [1.54, 1.807) is 0 Å². The van der Waals surface area contributed by atoms with E-state index in [-0.39, 0.29) is 43.9 Å². The first-order valence-electron chi connectivity index (χ1n) is 11.3. The number of carbonyl (C=O) groups is 2. The second-order valence-corrected chi connectivity index (χ2v) is 11.0. The van der Waals surface area contributed by atoms with Crippen LogP contribution in [-0.2, 0) is 29.0 Å². The van der Waals surface area contributed by atoms with E-state index in [0.29, 0.717) is 11.8 Å². The van der Waals surface area contributed by atoms with Crippen molar-refractivity contribution >= 4 is 22.0 Å². The second kappa shape index (κ2) is 10.9. The third-order valence-corrected chi connectivity index (χ3v) is 8.23. The summed E-state index contributed by atoms with van der Waals surface area (Å²) in [5, 5.41) is 0. The fourth-order valence-corrected chi connectivity index (χ4v) is 5.91. The van der Waals surface area contributed by atoms with Crippen LogP contribution in [0.2, 0.25) is 0 Å². The average molecular weight is 486 g/mol. The lowest BCUT2D eigenvalue weighted by molar-refractivity contribution is -0.159. The number of carbonyl (C=O) groups excluding carboxylic acids is 2. The Balaban J connectivity index is 1.63. The fraction of sp³-hybridized carbons (Fsp3) is 0.652. The summed E-state index contributed by atoms with van der Waals surface area (Å²) < 4.78 is 56.8. The maximum absolute atomic E-state index is 14.3. The van der Waals surface area contributed by atoms with Gasteiger partial charge >= 0.3 is 11.9 Å². The highest BCUT2D eigenvalue weighted by atomic mass is 32.2. The summed E-state index contributed by atoms with van der Waals surface area (Å²) in [6.45, 7) is 6.33. The summed E-state index contributed by atoms with van der Waals surface area (Å²) in [7, 11) is -4.14. The van der Waals surface area contributed by atoms with Crippen molar-refractivity contribution in [2.75, 3.05) is 32.9 Å². The SMILES string of the molecule is CC1CCC(C(C)C)C(OC(=O)COC(=O)c2ccc(F)c(S(=O)(=O)N3CCOCC3)c2)C1. The zero-order chi connectivity index (χ0) is 24.2. The van der Waals surface area contributed by atoms with Crippen LogP contribution in [0, 0.1) is 23.6 Å². The Bertz CT molecular complexity index is 960. The van der Waals surface area contributed by atoms with Crippen LogP contribution in [0.15, 0.2) is 23.1 Å². The Kier molecular flexibility index (Phi) is 8.47. The lowest BCUT2D eigenvalue weighted by Crippen LogP contribution is -2.41. The monoisotopic (exact) mass is 485 g/mol. The standard InChI is InChI=1S/C23H32FNO7S/c1-15(2)18-6-4-16(3)12-20(18)32-22(26)14-31-23(27)17-5-7-19(24)21(13-17)33(28,29)25-8-10-30-11-9-25/h5,7,13,15-16,18,20H,4,6,8-12,14H2,1-3H3. The van der Waals surface area contributed by atoms with Crippen molar-refractivity contribution in [1.82, 2.24) is 4.31 Å². The predicted molar refractivity (Wildman–Crippen MR) is 117 cm³/mol. The topological polar surface area (TPSA) is 99.2 Å². The molecule has 3 atom stereocenters. The zero-order valence-electron chi connectivity index (χ0n) is 19.3. The molecule has 0 amide bonds. The van der Waals surface area contributed by atoms with Crippen molar-refractivity contribution in [3.8, 4) is 0 Å². The van der Waals surface area contributed by atoms with E-state index in [1.807, 2.05) is 0 Å². The first kappa shape index (κ1) is 25.6. The Morgan fingerprint density at radius 2 is 1.91 bits per heavy atom. The van der Waals surface area contributed by atoms with Crippen LogP contribution in [0.5, 0.6) is 0 Å². The minimum atomic E-state index is -4.14. The molecular weight excluding hydrogens is 453 g/mol. The second-order valence-electron chi connectivity index (χ2n) is 9.09. The zero-order valence-corrected chi connectivity index (χ0v) is 20.1. The van der Waals surface area contributed by atoms with E-state index in [2.05, 4.69) is 20.8 Å². The first-order valence-corrected chi connectivity index (χ1v) is 12.8. The molecule has 2 aliphatic rings. The summed E-state index contributed by atoms with van der Waals surface area (Å²) >= 11 is 0. The van der Waals surface area contributed by atoms with Gasteiger partial charge in [0.25, 0.3) is 0 Å². The molecule has 1 aromatic carbocycles. The van der Waals surface area contributed by atoms with Gasteiger partial charge in [0, 0.05) is 13.1 Å². The number of sulfonamides is 1. The molecule has 1 aromatic rings.